The topological polar surface area (TPSA) is 82.1 Å². The Labute approximate surface area is 170 Å². The zero-order valence-electron chi connectivity index (χ0n) is 16.9. The van der Waals surface area contributed by atoms with Gasteiger partial charge in [0.1, 0.15) is 5.82 Å². The number of aromatic nitrogens is 4. The Morgan fingerprint density at radius 1 is 1.07 bits per heavy atom. The number of methoxy groups -OCH3 is 1. The Balaban J connectivity index is 1.43. The highest BCUT2D eigenvalue weighted by molar-refractivity contribution is 5.85. The third kappa shape index (κ3) is 3.44. The molecule has 1 saturated carbocycles. The van der Waals surface area contributed by atoms with Crippen molar-refractivity contribution in [3.8, 4) is 11.3 Å². The summed E-state index contributed by atoms with van der Waals surface area (Å²) in [5.74, 6) is 1.17. The Kier molecular flexibility index (Phi) is 4.83. The van der Waals surface area contributed by atoms with E-state index in [1.54, 1.807) is 7.11 Å². The minimum Gasteiger partial charge on any atom is -0.383 e. The molecule has 2 N–H and O–H groups in total. The maximum absolute atomic E-state index is 6.34. The number of nitrogens with two attached hydrogens (primary N) is 1. The van der Waals surface area contributed by atoms with Crippen LogP contribution in [0, 0.1) is 0 Å². The molecule has 0 unspecified atom stereocenters. The fraction of sp³-hybridized carbons (Fsp3) is 0.500. The molecule has 2 aliphatic rings. The standard InChI is InChI=1S/C22H28N6O/c1-29-17-7-9-27(10-8-17)22-25-14-18(21(23)26-22)19-12-20-15(13-24-19)6-11-28(20)16-4-2-3-5-16/h6,11-14,16-17H,2-5,7-10H2,1H3,(H2,23,25,26). The molecule has 7 heteroatoms. The van der Waals surface area contributed by atoms with Crippen molar-refractivity contribution in [2.75, 3.05) is 30.8 Å². The number of hydrogen-bond acceptors (Lipinski definition) is 6. The Bertz CT molecular complexity index is 1000. The number of hydrogen-bond donors (Lipinski definition) is 1. The van der Waals surface area contributed by atoms with Gasteiger partial charge in [-0.2, -0.15) is 4.98 Å². The van der Waals surface area contributed by atoms with Crippen molar-refractivity contribution in [1.82, 2.24) is 19.5 Å². The van der Waals surface area contributed by atoms with Gasteiger partial charge < -0.3 is 19.9 Å². The molecule has 7 nitrogen and oxygen atoms in total. The van der Waals surface area contributed by atoms with E-state index >= 15 is 0 Å². The lowest BCUT2D eigenvalue weighted by Crippen LogP contribution is -2.37. The van der Waals surface area contributed by atoms with Crippen LogP contribution in [0.15, 0.2) is 30.7 Å². The summed E-state index contributed by atoms with van der Waals surface area (Å²) >= 11 is 0. The molecule has 0 aromatic carbocycles. The largest absolute Gasteiger partial charge is 0.383 e. The van der Waals surface area contributed by atoms with Crippen molar-refractivity contribution in [2.45, 2.75) is 50.7 Å². The number of anilines is 2. The van der Waals surface area contributed by atoms with Crippen molar-refractivity contribution < 1.29 is 4.74 Å². The Morgan fingerprint density at radius 2 is 1.86 bits per heavy atom. The number of nitrogen functional groups attached to an aromatic ring is 1. The zero-order valence-corrected chi connectivity index (χ0v) is 16.9. The van der Waals surface area contributed by atoms with Gasteiger partial charge in [0.25, 0.3) is 0 Å². The molecule has 0 amide bonds. The van der Waals surface area contributed by atoms with Gasteiger partial charge >= 0.3 is 0 Å². The van der Waals surface area contributed by atoms with Crippen LogP contribution in [0.4, 0.5) is 11.8 Å². The third-order valence-corrected chi connectivity index (χ3v) is 6.46. The van der Waals surface area contributed by atoms with Crippen molar-refractivity contribution in [3.05, 3.63) is 30.7 Å². The molecule has 1 aliphatic carbocycles. The van der Waals surface area contributed by atoms with Crippen LogP contribution in [0.5, 0.6) is 0 Å². The summed E-state index contributed by atoms with van der Waals surface area (Å²) in [5, 5.41) is 1.16. The molecule has 0 atom stereocenters. The lowest BCUT2D eigenvalue weighted by atomic mass is 10.1. The number of nitrogens with zero attached hydrogens (tertiary/aromatic N) is 5. The van der Waals surface area contributed by atoms with Gasteiger partial charge in [-0.05, 0) is 37.8 Å². The predicted molar refractivity (Wildman–Crippen MR) is 115 cm³/mol. The van der Waals surface area contributed by atoms with Gasteiger partial charge in [0.05, 0.1) is 22.9 Å². The molecule has 0 spiro atoms. The number of piperidine rings is 1. The van der Waals surface area contributed by atoms with E-state index in [1.165, 1.54) is 31.2 Å². The molecule has 3 aromatic rings. The minimum absolute atomic E-state index is 0.329. The minimum atomic E-state index is 0.329. The van der Waals surface area contributed by atoms with E-state index < -0.39 is 0 Å². The van der Waals surface area contributed by atoms with Crippen molar-refractivity contribution in [1.29, 1.82) is 0 Å². The van der Waals surface area contributed by atoms with Crippen LogP contribution in [0.25, 0.3) is 22.2 Å². The van der Waals surface area contributed by atoms with Crippen LogP contribution in [0.3, 0.4) is 0 Å². The lowest BCUT2D eigenvalue weighted by molar-refractivity contribution is 0.0816. The second-order valence-corrected chi connectivity index (χ2v) is 8.18. The molecule has 3 aromatic heterocycles. The van der Waals surface area contributed by atoms with E-state index in [0.29, 0.717) is 23.9 Å². The van der Waals surface area contributed by atoms with Gasteiger partial charge in [0.2, 0.25) is 5.95 Å². The Morgan fingerprint density at radius 3 is 2.59 bits per heavy atom. The quantitative estimate of drug-likeness (QED) is 0.727. The van der Waals surface area contributed by atoms with E-state index in [1.807, 2.05) is 12.4 Å². The first kappa shape index (κ1) is 18.4. The van der Waals surface area contributed by atoms with E-state index in [-0.39, 0.29) is 0 Å². The van der Waals surface area contributed by atoms with Crippen LogP contribution in [-0.2, 0) is 4.74 Å². The van der Waals surface area contributed by atoms with Crippen molar-refractivity contribution in [3.63, 3.8) is 0 Å². The van der Waals surface area contributed by atoms with Gasteiger partial charge in [-0.25, -0.2) is 4.98 Å². The second kappa shape index (κ2) is 7.63. The summed E-state index contributed by atoms with van der Waals surface area (Å²) in [5.41, 5.74) is 9.18. The first-order valence-electron chi connectivity index (χ1n) is 10.6. The number of pyridine rings is 1. The highest BCUT2D eigenvalue weighted by Gasteiger charge is 2.22. The van der Waals surface area contributed by atoms with Gasteiger partial charge in [-0.3, -0.25) is 4.98 Å². The molecule has 1 aliphatic heterocycles. The normalized spacial score (nSPS) is 18.7. The predicted octanol–water partition coefficient (Wildman–Crippen LogP) is 3.81. The molecule has 1 saturated heterocycles. The molecule has 4 heterocycles. The number of fused-ring (bicyclic) bond motifs is 1. The molecular formula is C22H28N6O. The maximum atomic E-state index is 6.34. The van der Waals surface area contributed by atoms with Crippen molar-refractivity contribution >= 4 is 22.7 Å². The third-order valence-electron chi connectivity index (χ3n) is 6.46. The van der Waals surface area contributed by atoms with Gasteiger partial charge in [0, 0.05) is 50.2 Å². The number of ether oxygens (including phenoxy) is 1. The van der Waals surface area contributed by atoms with Crippen molar-refractivity contribution in [2.24, 2.45) is 0 Å². The SMILES string of the molecule is COC1CCN(c2ncc(-c3cc4c(ccn4C4CCCC4)cn3)c(N)n2)CC1. The fourth-order valence-corrected chi connectivity index (χ4v) is 4.72. The van der Waals surface area contributed by atoms with E-state index in [2.05, 4.69) is 42.7 Å². The molecule has 29 heavy (non-hydrogen) atoms. The summed E-state index contributed by atoms with van der Waals surface area (Å²) in [7, 11) is 1.77. The van der Waals surface area contributed by atoms with Crippen LogP contribution >= 0.6 is 0 Å². The lowest BCUT2D eigenvalue weighted by Gasteiger charge is -2.31. The number of rotatable bonds is 4. The van der Waals surface area contributed by atoms with Gasteiger partial charge in [-0.1, -0.05) is 12.8 Å². The highest BCUT2D eigenvalue weighted by Crippen LogP contribution is 2.34. The molecule has 152 valence electrons. The summed E-state index contributed by atoms with van der Waals surface area (Å²) in [6.07, 6.45) is 13.4. The average molecular weight is 393 g/mol. The first-order valence-corrected chi connectivity index (χ1v) is 10.6. The van der Waals surface area contributed by atoms with E-state index in [4.69, 9.17) is 10.5 Å². The van der Waals surface area contributed by atoms with Crippen LogP contribution < -0.4 is 10.6 Å². The smallest absolute Gasteiger partial charge is 0.227 e. The summed E-state index contributed by atoms with van der Waals surface area (Å²) < 4.78 is 7.85. The summed E-state index contributed by atoms with van der Waals surface area (Å²) in [4.78, 5) is 16.0. The van der Waals surface area contributed by atoms with E-state index in [0.717, 1.165) is 42.6 Å². The monoisotopic (exact) mass is 392 g/mol. The average Bonchev–Trinajstić information content (AvgIpc) is 3.43. The molecule has 0 bridgehead atoms. The Hall–Kier alpha value is -2.67. The summed E-state index contributed by atoms with van der Waals surface area (Å²) in [6, 6.07) is 4.87. The maximum Gasteiger partial charge on any atom is 0.227 e. The fourth-order valence-electron chi connectivity index (χ4n) is 4.72. The van der Waals surface area contributed by atoms with Crippen LogP contribution in [0.2, 0.25) is 0 Å². The summed E-state index contributed by atoms with van der Waals surface area (Å²) in [6.45, 7) is 1.77. The van der Waals surface area contributed by atoms with Crippen LogP contribution in [0.1, 0.15) is 44.6 Å². The second-order valence-electron chi connectivity index (χ2n) is 8.18. The molecular weight excluding hydrogens is 364 g/mol. The zero-order chi connectivity index (χ0) is 19.8. The van der Waals surface area contributed by atoms with Gasteiger partial charge in [0.15, 0.2) is 0 Å². The van der Waals surface area contributed by atoms with Crippen LogP contribution in [-0.4, -0.2) is 45.8 Å². The van der Waals surface area contributed by atoms with Gasteiger partial charge in [-0.15, -0.1) is 0 Å². The molecule has 0 radical (unpaired) electrons. The van der Waals surface area contributed by atoms with E-state index in [9.17, 15) is 0 Å². The highest BCUT2D eigenvalue weighted by atomic mass is 16.5. The molecule has 2 fully saturated rings. The first-order chi connectivity index (χ1) is 14.2. The molecule has 5 rings (SSSR count).